The van der Waals surface area contributed by atoms with Gasteiger partial charge in [0.25, 0.3) is 5.92 Å². The van der Waals surface area contributed by atoms with Gasteiger partial charge in [0.05, 0.1) is 12.6 Å². The van der Waals surface area contributed by atoms with E-state index in [4.69, 9.17) is 0 Å². The molecule has 0 aliphatic carbocycles. The number of hydrogen-bond acceptors (Lipinski definition) is 3. The van der Waals surface area contributed by atoms with E-state index in [2.05, 4.69) is 17.1 Å². The Bertz CT molecular complexity index is 434. The number of amides is 1. The predicted octanol–water partition coefficient (Wildman–Crippen LogP) is 2.80. The third-order valence-corrected chi connectivity index (χ3v) is 5.63. The lowest BCUT2D eigenvalue weighted by atomic mass is 9.94. The molecular weight excluding hydrogens is 371 g/mol. The zero-order chi connectivity index (χ0) is 16.4. The normalized spacial score (nSPS) is 30.4. The standard InChI is InChI=1S/C17H29F2N3O.2ClH/c1-13-4-7-21(8-5-13)10-14-3-2-6-22(11-14)16(23)15-9-17(18,19)12-20-15;;/h13-15,20H,2-12H2,1H3;2*1H. The number of nitrogens with zero attached hydrogens (tertiary/aromatic N) is 2. The van der Waals surface area contributed by atoms with Crippen LogP contribution in [-0.4, -0.2) is 66.9 Å². The van der Waals surface area contributed by atoms with Crippen LogP contribution >= 0.6 is 24.8 Å². The molecule has 3 aliphatic heterocycles. The Balaban J connectivity index is 0.00000156. The molecule has 3 saturated heterocycles. The van der Waals surface area contributed by atoms with Crippen LogP contribution in [0.1, 0.15) is 39.0 Å². The molecule has 148 valence electrons. The number of piperidine rings is 2. The molecule has 0 saturated carbocycles. The number of nitrogens with one attached hydrogen (secondary N) is 1. The van der Waals surface area contributed by atoms with Crippen LogP contribution in [0.3, 0.4) is 0 Å². The third kappa shape index (κ3) is 6.19. The zero-order valence-corrected chi connectivity index (χ0v) is 16.5. The number of halogens is 4. The van der Waals surface area contributed by atoms with Crippen LogP contribution < -0.4 is 5.32 Å². The molecule has 0 aromatic heterocycles. The molecule has 0 radical (unpaired) electrons. The molecule has 3 aliphatic rings. The van der Waals surface area contributed by atoms with E-state index >= 15 is 0 Å². The van der Waals surface area contributed by atoms with Crippen molar-refractivity contribution in [3.8, 4) is 0 Å². The first-order chi connectivity index (χ1) is 10.9. The van der Waals surface area contributed by atoms with Gasteiger partial charge in [-0.05, 0) is 50.6 Å². The molecule has 4 nitrogen and oxygen atoms in total. The molecule has 3 fully saturated rings. The fourth-order valence-electron chi connectivity index (χ4n) is 4.13. The Morgan fingerprint density at radius 2 is 1.84 bits per heavy atom. The quantitative estimate of drug-likeness (QED) is 0.789. The van der Waals surface area contributed by atoms with Crippen molar-refractivity contribution in [1.82, 2.24) is 15.1 Å². The Hall–Kier alpha value is -0.170. The predicted molar refractivity (Wildman–Crippen MR) is 100.0 cm³/mol. The van der Waals surface area contributed by atoms with E-state index < -0.39 is 12.0 Å². The number of likely N-dealkylation sites (tertiary alicyclic amines) is 2. The summed E-state index contributed by atoms with van der Waals surface area (Å²) in [4.78, 5) is 16.8. The maximum atomic E-state index is 13.3. The lowest BCUT2D eigenvalue weighted by Gasteiger charge is -2.38. The van der Waals surface area contributed by atoms with Gasteiger partial charge in [0.2, 0.25) is 5.91 Å². The first kappa shape index (κ1) is 22.9. The number of hydrogen-bond donors (Lipinski definition) is 1. The molecule has 1 amide bonds. The third-order valence-electron chi connectivity index (χ3n) is 5.63. The summed E-state index contributed by atoms with van der Waals surface area (Å²) in [5.74, 6) is -1.55. The summed E-state index contributed by atoms with van der Waals surface area (Å²) in [5.41, 5.74) is 0. The van der Waals surface area contributed by atoms with Gasteiger partial charge in [-0.25, -0.2) is 8.78 Å². The van der Waals surface area contributed by atoms with E-state index in [1.165, 1.54) is 12.8 Å². The van der Waals surface area contributed by atoms with Gasteiger partial charge in [-0.1, -0.05) is 6.92 Å². The van der Waals surface area contributed by atoms with Crippen molar-refractivity contribution < 1.29 is 13.6 Å². The van der Waals surface area contributed by atoms with Crippen LogP contribution in [0.2, 0.25) is 0 Å². The Labute approximate surface area is 161 Å². The Kier molecular flexibility index (Phi) is 8.85. The van der Waals surface area contributed by atoms with Crippen molar-refractivity contribution in [2.45, 2.75) is 51.0 Å². The highest BCUT2D eigenvalue weighted by atomic mass is 35.5. The topological polar surface area (TPSA) is 35.6 Å². The number of rotatable bonds is 3. The van der Waals surface area contributed by atoms with Crippen LogP contribution in [0.25, 0.3) is 0 Å². The van der Waals surface area contributed by atoms with Gasteiger partial charge in [0, 0.05) is 26.1 Å². The molecule has 8 heteroatoms. The molecule has 1 N–H and O–H groups in total. The Morgan fingerprint density at radius 1 is 1.16 bits per heavy atom. The summed E-state index contributed by atoms with van der Waals surface area (Å²) >= 11 is 0. The molecule has 3 rings (SSSR count). The minimum atomic E-state index is -2.74. The highest BCUT2D eigenvalue weighted by Gasteiger charge is 2.44. The molecule has 3 heterocycles. The fourth-order valence-corrected chi connectivity index (χ4v) is 4.13. The van der Waals surface area contributed by atoms with Crippen molar-refractivity contribution in [1.29, 1.82) is 0 Å². The highest BCUT2D eigenvalue weighted by Crippen LogP contribution is 2.28. The van der Waals surface area contributed by atoms with Crippen LogP contribution in [0, 0.1) is 11.8 Å². The molecule has 0 bridgehead atoms. The number of carbonyl (C=O) groups is 1. The second kappa shape index (κ2) is 9.67. The van der Waals surface area contributed by atoms with Crippen molar-refractivity contribution in [3.63, 3.8) is 0 Å². The summed E-state index contributed by atoms with van der Waals surface area (Å²) in [7, 11) is 0. The summed E-state index contributed by atoms with van der Waals surface area (Å²) in [5, 5.41) is 2.69. The second-order valence-corrected chi connectivity index (χ2v) is 7.77. The summed E-state index contributed by atoms with van der Waals surface area (Å²) in [6, 6.07) is -0.695. The van der Waals surface area contributed by atoms with E-state index in [0.29, 0.717) is 5.92 Å². The van der Waals surface area contributed by atoms with E-state index in [9.17, 15) is 13.6 Å². The van der Waals surface area contributed by atoms with Crippen LogP contribution in [-0.2, 0) is 4.79 Å². The van der Waals surface area contributed by atoms with Gasteiger partial charge in [0.15, 0.2) is 0 Å². The maximum absolute atomic E-state index is 13.3. The molecule has 0 aromatic rings. The lowest BCUT2D eigenvalue weighted by molar-refractivity contribution is -0.135. The molecular formula is C17H31Cl2F2N3O. The fraction of sp³-hybridized carbons (Fsp3) is 0.941. The molecule has 0 aromatic carbocycles. The smallest absolute Gasteiger partial charge is 0.262 e. The summed E-state index contributed by atoms with van der Waals surface area (Å²) in [6.07, 6.45) is 4.30. The van der Waals surface area contributed by atoms with E-state index in [0.717, 1.165) is 51.5 Å². The van der Waals surface area contributed by atoms with Gasteiger partial charge < -0.3 is 9.80 Å². The number of carbonyl (C=O) groups excluding carboxylic acids is 1. The van der Waals surface area contributed by atoms with Gasteiger partial charge in [0.1, 0.15) is 0 Å². The lowest BCUT2D eigenvalue weighted by Crippen LogP contribution is -2.50. The monoisotopic (exact) mass is 401 g/mol. The molecule has 25 heavy (non-hydrogen) atoms. The van der Waals surface area contributed by atoms with Crippen LogP contribution in [0.15, 0.2) is 0 Å². The largest absolute Gasteiger partial charge is 0.341 e. The van der Waals surface area contributed by atoms with Gasteiger partial charge >= 0.3 is 0 Å². The van der Waals surface area contributed by atoms with E-state index in [1.807, 2.05) is 4.90 Å². The van der Waals surface area contributed by atoms with E-state index in [1.54, 1.807) is 0 Å². The van der Waals surface area contributed by atoms with Gasteiger partial charge in [-0.2, -0.15) is 0 Å². The second-order valence-electron chi connectivity index (χ2n) is 7.77. The van der Waals surface area contributed by atoms with Crippen LogP contribution in [0.4, 0.5) is 8.78 Å². The van der Waals surface area contributed by atoms with Gasteiger partial charge in [-0.3, -0.25) is 10.1 Å². The van der Waals surface area contributed by atoms with Crippen molar-refractivity contribution in [3.05, 3.63) is 0 Å². The first-order valence-corrected chi connectivity index (χ1v) is 9.05. The average Bonchev–Trinajstić information content (AvgIpc) is 2.89. The molecule has 2 atom stereocenters. The van der Waals surface area contributed by atoms with E-state index in [-0.39, 0.29) is 43.7 Å². The SMILES string of the molecule is CC1CCN(CC2CCCN(C(=O)C3CC(F)(F)CN3)C2)CC1.Cl.Cl. The van der Waals surface area contributed by atoms with Crippen molar-refractivity contribution >= 4 is 30.7 Å². The van der Waals surface area contributed by atoms with Crippen molar-refractivity contribution in [2.24, 2.45) is 11.8 Å². The highest BCUT2D eigenvalue weighted by molar-refractivity contribution is 5.85. The minimum Gasteiger partial charge on any atom is -0.341 e. The summed E-state index contributed by atoms with van der Waals surface area (Å²) < 4.78 is 26.6. The average molecular weight is 402 g/mol. The van der Waals surface area contributed by atoms with Crippen LogP contribution in [0.5, 0.6) is 0 Å². The van der Waals surface area contributed by atoms with Crippen molar-refractivity contribution in [2.75, 3.05) is 39.3 Å². The zero-order valence-electron chi connectivity index (χ0n) is 14.9. The molecule has 0 spiro atoms. The molecule has 2 unspecified atom stereocenters. The number of alkyl halides is 2. The first-order valence-electron chi connectivity index (χ1n) is 9.05. The van der Waals surface area contributed by atoms with Gasteiger partial charge in [-0.15, -0.1) is 24.8 Å². The summed E-state index contributed by atoms with van der Waals surface area (Å²) in [6.45, 7) is 6.74. The Morgan fingerprint density at radius 3 is 2.44 bits per heavy atom. The minimum absolute atomic E-state index is 0. The maximum Gasteiger partial charge on any atom is 0.262 e.